The van der Waals surface area contributed by atoms with Gasteiger partial charge in [-0.25, -0.2) is 9.97 Å². The van der Waals surface area contributed by atoms with Gasteiger partial charge in [-0.1, -0.05) is 0 Å². The third-order valence-corrected chi connectivity index (χ3v) is 3.81. The van der Waals surface area contributed by atoms with Crippen LogP contribution in [-0.2, 0) is 9.53 Å². The molecule has 1 aliphatic heterocycles. The number of piperazine rings is 1. The molecule has 0 amide bonds. The molecule has 0 spiro atoms. The lowest BCUT2D eigenvalue weighted by molar-refractivity contribution is -0.146. The SMILES string of the molecule is COC(=O)C(C)(N)CCN1CCN(c2ncccn2)CC1. The summed E-state index contributed by atoms with van der Waals surface area (Å²) in [4.78, 5) is 24.5. The zero-order chi connectivity index (χ0) is 15.3. The molecule has 2 heterocycles. The first-order valence-corrected chi connectivity index (χ1v) is 7.14. The van der Waals surface area contributed by atoms with Gasteiger partial charge in [-0.05, 0) is 19.4 Å². The number of nitrogens with two attached hydrogens (primary N) is 1. The quantitative estimate of drug-likeness (QED) is 0.757. The number of ether oxygens (including phenoxy) is 1. The van der Waals surface area contributed by atoms with Gasteiger partial charge in [0.15, 0.2) is 0 Å². The lowest BCUT2D eigenvalue weighted by Gasteiger charge is -2.35. The molecule has 2 N–H and O–H groups in total. The Morgan fingerprint density at radius 1 is 1.33 bits per heavy atom. The fraction of sp³-hybridized carbons (Fsp3) is 0.643. The topological polar surface area (TPSA) is 84.6 Å². The maximum absolute atomic E-state index is 11.6. The normalized spacial score (nSPS) is 19.1. The fourth-order valence-corrected chi connectivity index (χ4v) is 2.35. The van der Waals surface area contributed by atoms with Gasteiger partial charge in [0.05, 0.1) is 7.11 Å². The number of esters is 1. The third-order valence-electron chi connectivity index (χ3n) is 3.81. The van der Waals surface area contributed by atoms with E-state index in [4.69, 9.17) is 10.5 Å². The minimum Gasteiger partial charge on any atom is -0.468 e. The first kappa shape index (κ1) is 15.7. The van der Waals surface area contributed by atoms with E-state index in [0.717, 1.165) is 38.7 Å². The van der Waals surface area contributed by atoms with Gasteiger partial charge >= 0.3 is 5.97 Å². The molecule has 7 nitrogen and oxygen atoms in total. The highest BCUT2D eigenvalue weighted by molar-refractivity contribution is 5.79. The van der Waals surface area contributed by atoms with Crippen LogP contribution in [0.15, 0.2) is 18.5 Å². The Bertz CT molecular complexity index is 458. The predicted molar refractivity (Wildman–Crippen MR) is 79.9 cm³/mol. The van der Waals surface area contributed by atoms with Crippen molar-refractivity contribution in [2.45, 2.75) is 18.9 Å². The van der Waals surface area contributed by atoms with Crippen molar-refractivity contribution >= 4 is 11.9 Å². The zero-order valence-corrected chi connectivity index (χ0v) is 12.7. The first-order chi connectivity index (χ1) is 10.0. The Morgan fingerprint density at radius 3 is 2.52 bits per heavy atom. The van der Waals surface area contributed by atoms with E-state index in [2.05, 4.69) is 19.8 Å². The largest absolute Gasteiger partial charge is 0.468 e. The predicted octanol–water partition coefficient (Wildman–Crippen LogP) is -0.121. The minimum absolute atomic E-state index is 0.362. The van der Waals surface area contributed by atoms with Gasteiger partial charge in [0.2, 0.25) is 5.95 Å². The number of anilines is 1. The van der Waals surface area contributed by atoms with Gasteiger partial charge in [-0.3, -0.25) is 9.69 Å². The van der Waals surface area contributed by atoms with Gasteiger partial charge in [-0.2, -0.15) is 0 Å². The van der Waals surface area contributed by atoms with Crippen molar-refractivity contribution in [1.82, 2.24) is 14.9 Å². The Morgan fingerprint density at radius 2 is 1.95 bits per heavy atom. The highest BCUT2D eigenvalue weighted by Gasteiger charge is 2.30. The molecule has 116 valence electrons. The number of hydrogen-bond donors (Lipinski definition) is 1. The molecule has 2 rings (SSSR count). The van der Waals surface area contributed by atoms with Crippen molar-refractivity contribution in [3.63, 3.8) is 0 Å². The number of carbonyl (C=O) groups is 1. The van der Waals surface area contributed by atoms with E-state index in [-0.39, 0.29) is 5.97 Å². The van der Waals surface area contributed by atoms with Crippen LogP contribution in [0.25, 0.3) is 0 Å². The molecule has 1 fully saturated rings. The van der Waals surface area contributed by atoms with Crippen molar-refractivity contribution in [2.24, 2.45) is 5.73 Å². The molecule has 1 atom stereocenters. The maximum Gasteiger partial charge on any atom is 0.325 e. The number of hydrogen-bond acceptors (Lipinski definition) is 7. The summed E-state index contributed by atoms with van der Waals surface area (Å²) in [5.41, 5.74) is 5.05. The van der Waals surface area contributed by atoms with Crippen LogP contribution in [0.3, 0.4) is 0 Å². The van der Waals surface area contributed by atoms with Crippen molar-refractivity contribution in [1.29, 1.82) is 0 Å². The van der Waals surface area contributed by atoms with Gasteiger partial charge in [0.1, 0.15) is 5.54 Å². The second-order valence-electron chi connectivity index (χ2n) is 5.54. The van der Waals surface area contributed by atoms with Crippen molar-refractivity contribution in [2.75, 3.05) is 44.7 Å². The summed E-state index contributed by atoms with van der Waals surface area (Å²) in [5.74, 6) is 0.411. The first-order valence-electron chi connectivity index (χ1n) is 7.14. The van der Waals surface area contributed by atoms with Crippen LogP contribution in [0.5, 0.6) is 0 Å². The number of nitrogens with zero attached hydrogens (tertiary/aromatic N) is 4. The summed E-state index contributed by atoms with van der Waals surface area (Å²) in [6.07, 6.45) is 4.09. The molecule has 1 unspecified atom stereocenters. The van der Waals surface area contributed by atoms with E-state index in [0.29, 0.717) is 6.42 Å². The average molecular weight is 293 g/mol. The van der Waals surface area contributed by atoms with E-state index >= 15 is 0 Å². The Labute approximate surface area is 125 Å². The Balaban J connectivity index is 1.78. The van der Waals surface area contributed by atoms with Crippen LogP contribution in [0, 0.1) is 0 Å². The minimum atomic E-state index is -0.922. The van der Waals surface area contributed by atoms with Crippen molar-refractivity contribution < 1.29 is 9.53 Å². The molecule has 1 aliphatic rings. The molecule has 0 aromatic carbocycles. The summed E-state index contributed by atoms with van der Waals surface area (Å²) >= 11 is 0. The average Bonchev–Trinajstić information content (AvgIpc) is 2.53. The summed E-state index contributed by atoms with van der Waals surface area (Å²) < 4.78 is 4.72. The zero-order valence-electron chi connectivity index (χ0n) is 12.7. The lowest BCUT2D eigenvalue weighted by Crippen LogP contribution is -2.51. The van der Waals surface area contributed by atoms with Crippen LogP contribution < -0.4 is 10.6 Å². The molecule has 1 aromatic rings. The van der Waals surface area contributed by atoms with E-state index < -0.39 is 5.54 Å². The molecule has 21 heavy (non-hydrogen) atoms. The summed E-state index contributed by atoms with van der Waals surface area (Å²) in [6.45, 7) is 6.08. The standard InChI is InChI=1S/C14H23N5O2/c1-14(15,12(20)21-2)4-7-18-8-10-19(11-9-18)13-16-5-3-6-17-13/h3,5-6H,4,7-11,15H2,1-2H3. The molecular weight excluding hydrogens is 270 g/mol. The molecule has 1 saturated heterocycles. The molecule has 0 bridgehead atoms. The molecule has 1 aromatic heterocycles. The van der Waals surface area contributed by atoms with E-state index in [1.54, 1.807) is 19.3 Å². The van der Waals surface area contributed by atoms with Crippen molar-refractivity contribution in [3.8, 4) is 0 Å². The highest BCUT2D eigenvalue weighted by Crippen LogP contribution is 2.13. The molecule has 0 saturated carbocycles. The molecule has 0 aliphatic carbocycles. The molecule has 7 heteroatoms. The number of carbonyl (C=O) groups excluding carboxylic acids is 1. The van der Waals surface area contributed by atoms with E-state index in [1.165, 1.54) is 7.11 Å². The van der Waals surface area contributed by atoms with Gasteiger partial charge in [0.25, 0.3) is 0 Å². The smallest absolute Gasteiger partial charge is 0.325 e. The molecular formula is C14H23N5O2. The van der Waals surface area contributed by atoms with Gasteiger partial charge in [-0.15, -0.1) is 0 Å². The highest BCUT2D eigenvalue weighted by atomic mass is 16.5. The monoisotopic (exact) mass is 293 g/mol. The van der Waals surface area contributed by atoms with Crippen LogP contribution in [0.2, 0.25) is 0 Å². The van der Waals surface area contributed by atoms with Gasteiger partial charge in [0, 0.05) is 45.1 Å². The maximum atomic E-state index is 11.6. The number of rotatable bonds is 5. The van der Waals surface area contributed by atoms with Crippen molar-refractivity contribution in [3.05, 3.63) is 18.5 Å². The molecule has 0 radical (unpaired) electrons. The number of methoxy groups -OCH3 is 1. The van der Waals surface area contributed by atoms with Crippen LogP contribution in [-0.4, -0.2) is 66.2 Å². The summed E-state index contributed by atoms with van der Waals surface area (Å²) in [7, 11) is 1.37. The van der Waals surface area contributed by atoms with Crippen LogP contribution in [0.1, 0.15) is 13.3 Å². The Hall–Kier alpha value is -1.73. The fourth-order valence-electron chi connectivity index (χ4n) is 2.35. The van der Waals surface area contributed by atoms with Gasteiger partial charge < -0.3 is 15.4 Å². The number of aromatic nitrogens is 2. The van der Waals surface area contributed by atoms with E-state index in [1.807, 2.05) is 6.07 Å². The Kier molecular flexibility index (Phi) is 5.08. The summed E-state index contributed by atoms with van der Waals surface area (Å²) in [6, 6.07) is 1.81. The third kappa shape index (κ3) is 4.12. The second kappa shape index (κ2) is 6.82. The van der Waals surface area contributed by atoms with Crippen LogP contribution >= 0.6 is 0 Å². The van der Waals surface area contributed by atoms with Crippen LogP contribution in [0.4, 0.5) is 5.95 Å². The lowest BCUT2D eigenvalue weighted by atomic mass is 9.99. The van der Waals surface area contributed by atoms with E-state index in [9.17, 15) is 4.79 Å². The summed E-state index contributed by atoms with van der Waals surface area (Å²) in [5, 5.41) is 0. The second-order valence-corrected chi connectivity index (χ2v) is 5.54.